The molecule has 0 aliphatic carbocycles. The lowest BCUT2D eigenvalue weighted by Gasteiger charge is -2.09. The molecule has 2 N–H and O–H groups in total. The first-order valence-corrected chi connectivity index (χ1v) is 11.0. The number of rotatable bonds is 0. The van der Waals surface area contributed by atoms with E-state index in [0.29, 0.717) is 0 Å². The zero-order valence-electron chi connectivity index (χ0n) is 17.9. The molecule has 8 bridgehead atoms. The second kappa shape index (κ2) is 6.73. The Morgan fingerprint density at radius 1 is 0.656 bits per heavy atom. The van der Waals surface area contributed by atoms with Crippen LogP contribution in [-0.4, -0.2) is 57.2 Å². The molecule has 4 aliphatic rings. The van der Waals surface area contributed by atoms with Crippen LogP contribution in [0, 0.1) is 0 Å². The molecule has 162 valence electrons. The van der Waals surface area contributed by atoms with Gasteiger partial charge in [-0.1, -0.05) is 0 Å². The van der Waals surface area contributed by atoms with Crippen LogP contribution in [0.3, 0.4) is 0 Å². The van der Waals surface area contributed by atoms with Crippen molar-refractivity contribution < 1.29 is 9.68 Å². The van der Waals surface area contributed by atoms with Crippen molar-refractivity contribution >= 4 is 22.1 Å². The Morgan fingerprint density at radius 2 is 1.09 bits per heavy atom. The van der Waals surface area contributed by atoms with E-state index in [0.717, 1.165) is 57.9 Å². The standard InChI is InChI=1S/C24H24N6O2/c1-29-11-17-19-8-15-5-3-13(25-15)7-14-4-6-16(26-14)9-21-23-18(12-30(2)31-23)20(28-21)10-22(27-19)24(17)32-29/h3-10,17-18,23-26H,11-12H2,1-2H3. The largest absolute Gasteiger partial charge is 0.355 e. The van der Waals surface area contributed by atoms with Crippen molar-refractivity contribution in [1.29, 1.82) is 0 Å². The van der Waals surface area contributed by atoms with Gasteiger partial charge in [0.25, 0.3) is 0 Å². The van der Waals surface area contributed by atoms with E-state index in [1.54, 1.807) is 0 Å². The van der Waals surface area contributed by atoms with Gasteiger partial charge in [0.15, 0.2) is 0 Å². The molecular formula is C24H24N6O2. The minimum absolute atomic E-state index is 0.0804. The summed E-state index contributed by atoms with van der Waals surface area (Å²) in [4.78, 5) is 29.2. The van der Waals surface area contributed by atoms with Crippen molar-refractivity contribution in [2.24, 2.45) is 0 Å². The molecule has 2 saturated heterocycles. The molecule has 3 aromatic rings. The van der Waals surface area contributed by atoms with Crippen LogP contribution in [-0.2, 0) is 9.68 Å². The third-order valence-electron chi connectivity index (χ3n) is 6.76. The van der Waals surface area contributed by atoms with Crippen molar-refractivity contribution in [2.45, 2.75) is 24.0 Å². The molecule has 8 nitrogen and oxygen atoms in total. The number of nitrogens with zero attached hydrogens (tertiary/aromatic N) is 4. The normalized spacial score (nSPS) is 27.6. The first-order valence-electron chi connectivity index (χ1n) is 11.0. The fraction of sp³-hybridized carbons (Fsp3) is 0.333. The Bertz CT molecular complexity index is 1280. The van der Waals surface area contributed by atoms with Gasteiger partial charge in [0.1, 0.15) is 12.2 Å². The molecule has 3 aromatic heterocycles. The van der Waals surface area contributed by atoms with Crippen LogP contribution >= 0.6 is 0 Å². The fourth-order valence-electron chi connectivity index (χ4n) is 5.32. The number of nitrogens with one attached hydrogen (secondary N) is 2. The molecule has 7 rings (SSSR count). The maximum atomic E-state index is 6.14. The van der Waals surface area contributed by atoms with E-state index < -0.39 is 0 Å². The summed E-state index contributed by atoms with van der Waals surface area (Å²) in [7, 11) is 3.96. The Morgan fingerprint density at radius 3 is 1.66 bits per heavy atom. The van der Waals surface area contributed by atoms with Gasteiger partial charge < -0.3 is 9.97 Å². The second-order valence-electron chi connectivity index (χ2n) is 9.12. The number of aromatic amines is 2. The molecule has 0 amide bonds. The summed E-state index contributed by atoms with van der Waals surface area (Å²) in [5.41, 5.74) is 8.04. The average Bonchev–Trinajstić information content (AvgIpc) is 3.55. The van der Waals surface area contributed by atoms with Crippen molar-refractivity contribution in [3.05, 3.63) is 71.3 Å². The van der Waals surface area contributed by atoms with Crippen LogP contribution in [0.2, 0.25) is 0 Å². The fourth-order valence-corrected chi connectivity index (χ4v) is 5.32. The number of aromatic nitrogens is 4. The maximum Gasteiger partial charge on any atom is 0.131 e. The van der Waals surface area contributed by atoms with Crippen molar-refractivity contribution in [3.8, 4) is 0 Å². The Labute approximate surface area is 184 Å². The average molecular weight is 428 g/mol. The van der Waals surface area contributed by atoms with Gasteiger partial charge in [0.2, 0.25) is 0 Å². The van der Waals surface area contributed by atoms with Gasteiger partial charge in [-0.05, 0) is 48.5 Å². The minimum Gasteiger partial charge on any atom is -0.355 e. The van der Waals surface area contributed by atoms with E-state index in [-0.39, 0.29) is 24.0 Å². The number of likely N-dealkylation sites (N-methyl/N-ethyl adjacent to an activating group) is 2. The van der Waals surface area contributed by atoms with Gasteiger partial charge in [-0.25, -0.2) is 0 Å². The van der Waals surface area contributed by atoms with E-state index in [2.05, 4.69) is 58.5 Å². The zero-order chi connectivity index (χ0) is 21.4. The summed E-state index contributed by atoms with van der Waals surface area (Å²) in [5, 5.41) is 3.82. The monoisotopic (exact) mass is 428 g/mol. The Balaban J connectivity index is 1.52. The van der Waals surface area contributed by atoms with Gasteiger partial charge in [-0.15, -0.1) is 0 Å². The first-order chi connectivity index (χ1) is 15.6. The van der Waals surface area contributed by atoms with Crippen LogP contribution in [0.4, 0.5) is 0 Å². The summed E-state index contributed by atoms with van der Waals surface area (Å²) in [5.74, 6) is 0.389. The molecule has 7 heterocycles. The molecule has 4 aliphatic heterocycles. The summed E-state index contributed by atoms with van der Waals surface area (Å²) in [6, 6.07) is 16.8. The zero-order valence-corrected chi connectivity index (χ0v) is 17.9. The first kappa shape index (κ1) is 18.5. The molecule has 0 saturated carbocycles. The predicted octanol–water partition coefficient (Wildman–Crippen LogP) is 3.72. The van der Waals surface area contributed by atoms with Gasteiger partial charge in [0.05, 0.1) is 34.6 Å². The summed E-state index contributed by atoms with van der Waals surface area (Å²) in [6.07, 6.45) is -0.161. The molecule has 8 heteroatoms. The highest BCUT2D eigenvalue weighted by atomic mass is 16.7. The smallest absolute Gasteiger partial charge is 0.131 e. The van der Waals surface area contributed by atoms with Crippen LogP contribution in [0.5, 0.6) is 0 Å². The second-order valence-corrected chi connectivity index (χ2v) is 9.12. The number of fused-ring (bicyclic) bond motifs is 14. The minimum atomic E-state index is -0.0808. The van der Waals surface area contributed by atoms with Crippen molar-refractivity contribution in [2.75, 3.05) is 27.2 Å². The van der Waals surface area contributed by atoms with E-state index in [9.17, 15) is 0 Å². The molecular weight excluding hydrogens is 404 g/mol. The molecule has 4 atom stereocenters. The highest BCUT2D eigenvalue weighted by Gasteiger charge is 2.43. The number of H-pyrrole nitrogens is 2. The van der Waals surface area contributed by atoms with Gasteiger partial charge in [-0.3, -0.25) is 19.6 Å². The van der Waals surface area contributed by atoms with Crippen molar-refractivity contribution in [3.63, 3.8) is 0 Å². The summed E-state index contributed by atoms with van der Waals surface area (Å²) >= 11 is 0. The predicted molar refractivity (Wildman–Crippen MR) is 119 cm³/mol. The number of hydroxylamine groups is 4. The molecule has 2 fully saturated rings. The van der Waals surface area contributed by atoms with Crippen LogP contribution in [0.1, 0.15) is 46.8 Å². The van der Waals surface area contributed by atoms with E-state index in [1.165, 1.54) is 0 Å². The molecule has 0 radical (unpaired) electrons. The number of hydrogen-bond donors (Lipinski definition) is 2. The molecule has 4 unspecified atom stereocenters. The summed E-state index contributed by atoms with van der Waals surface area (Å²) in [6.45, 7) is 1.62. The SMILES string of the molecule is CN1CC2c3cc4ccc(cc5ccc(cc6nc(cc(n3)C2O1)C1CN(C)OC61)[nH]5)[nH]4. The highest BCUT2D eigenvalue weighted by molar-refractivity contribution is 5.68. The topological polar surface area (TPSA) is 82.3 Å². The van der Waals surface area contributed by atoms with Crippen LogP contribution < -0.4 is 0 Å². The maximum absolute atomic E-state index is 6.14. The van der Waals surface area contributed by atoms with Gasteiger partial charge in [0, 0.05) is 49.3 Å². The van der Waals surface area contributed by atoms with E-state index in [1.807, 2.05) is 24.2 Å². The lowest BCUT2D eigenvalue weighted by atomic mass is 9.97. The third kappa shape index (κ3) is 2.91. The molecule has 0 spiro atoms. The summed E-state index contributed by atoms with van der Waals surface area (Å²) < 4.78 is 0. The van der Waals surface area contributed by atoms with Gasteiger partial charge in [-0.2, -0.15) is 10.1 Å². The van der Waals surface area contributed by atoms with Crippen LogP contribution in [0.25, 0.3) is 22.1 Å². The van der Waals surface area contributed by atoms with Crippen LogP contribution in [0.15, 0.2) is 48.5 Å². The molecule has 32 heavy (non-hydrogen) atoms. The Kier molecular flexibility index (Phi) is 3.89. The lowest BCUT2D eigenvalue weighted by molar-refractivity contribution is -0.129. The van der Waals surface area contributed by atoms with E-state index >= 15 is 0 Å². The van der Waals surface area contributed by atoms with Crippen molar-refractivity contribution in [1.82, 2.24) is 30.1 Å². The van der Waals surface area contributed by atoms with Gasteiger partial charge >= 0.3 is 0 Å². The quantitative estimate of drug-likeness (QED) is 0.568. The third-order valence-corrected chi connectivity index (χ3v) is 6.76. The number of hydrogen-bond acceptors (Lipinski definition) is 6. The highest BCUT2D eigenvalue weighted by Crippen LogP contribution is 2.46. The molecule has 0 aromatic carbocycles. The Hall–Kier alpha value is -3.04. The van der Waals surface area contributed by atoms with E-state index in [4.69, 9.17) is 19.6 Å². The lowest BCUT2D eigenvalue weighted by Crippen LogP contribution is -2.13.